The quantitative estimate of drug-likeness (QED) is 0.689. The van der Waals surface area contributed by atoms with Crippen molar-refractivity contribution in [2.45, 2.75) is 6.92 Å². The third kappa shape index (κ3) is 2.18. The van der Waals surface area contributed by atoms with Gasteiger partial charge in [-0.1, -0.05) is 17.7 Å². The average molecular weight is 266 g/mol. The van der Waals surface area contributed by atoms with Gasteiger partial charge in [0.05, 0.1) is 5.69 Å². The molecule has 0 spiro atoms. The van der Waals surface area contributed by atoms with E-state index in [0.29, 0.717) is 17.2 Å². The first-order valence-electron chi connectivity index (χ1n) is 6.15. The molecular formula is C14H14N6. The van der Waals surface area contributed by atoms with E-state index in [9.17, 15) is 0 Å². The van der Waals surface area contributed by atoms with Crippen LogP contribution in [-0.2, 0) is 0 Å². The van der Waals surface area contributed by atoms with Crippen LogP contribution in [0.2, 0.25) is 0 Å². The van der Waals surface area contributed by atoms with Gasteiger partial charge >= 0.3 is 0 Å². The lowest BCUT2D eigenvalue weighted by atomic mass is 10.1. The molecule has 0 amide bonds. The van der Waals surface area contributed by atoms with Crippen molar-refractivity contribution in [3.05, 3.63) is 48.0 Å². The zero-order valence-electron chi connectivity index (χ0n) is 11.0. The molecule has 100 valence electrons. The third-order valence-corrected chi connectivity index (χ3v) is 2.98. The van der Waals surface area contributed by atoms with Gasteiger partial charge in [0.15, 0.2) is 5.82 Å². The summed E-state index contributed by atoms with van der Waals surface area (Å²) in [6, 6.07) is 13.2. The summed E-state index contributed by atoms with van der Waals surface area (Å²) >= 11 is 0. The van der Waals surface area contributed by atoms with Crippen LogP contribution in [0.1, 0.15) is 5.56 Å². The van der Waals surface area contributed by atoms with Gasteiger partial charge in [-0.15, -0.1) is 5.10 Å². The second-order valence-corrected chi connectivity index (χ2v) is 4.64. The molecule has 0 bridgehead atoms. The van der Waals surface area contributed by atoms with Crippen LogP contribution in [0.15, 0.2) is 42.5 Å². The lowest BCUT2D eigenvalue weighted by Crippen LogP contribution is -2.01. The van der Waals surface area contributed by atoms with Crippen molar-refractivity contribution < 1.29 is 0 Å². The fraction of sp³-hybridized carbons (Fsp3) is 0.0714. The molecular weight excluding hydrogens is 252 g/mol. The first-order valence-corrected chi connectivity index (χ1v) is 6.15. The van der Waals surface area contributed by atoms with Gasteiger partial charge in [0, 0.05) is 16.9 Å². The highest BCUT2D eigenvalue weighted by Crippen LogP contribution is 2.24. The second-order valence-electron chi connectivity index (χ2n) is 4.64. The van der Waals surface area contributed by atoms with Crippen LogP contribution >= 0.6 is 0 Å². The van der Waals surface area contributed by atoms with Crippen LogP contribution in [0.4, 0.5) is 11.4 Å². The number of anilines is 2. The summed E-state index contributed by atoms with van der Waals surface area (Å²) in [6.07, 6.45) is 0. The molecule has 1 aromatic heterocycles. The topological polar surface area (TPSA) is 95.6 Å². The van der Waals surface area contributed by atoms with E-state index in [0.717, 1.165) is 11.3 Å². The number of nitrogens with zero attached hydrogens (tertiary/aromatic N) is 4. The number of tetrazole rings is 1. The minimum absolute atomic E-state index is 0.582. The van der Waals surface area contributed by atoms with Gasteiger partial charge in [0.1, 0.15) is 0 Å². The minimum atomic E-state index is 0.582. The highest BCUT2D eigenvalue weighted by Gasteiger charge is 2.11. The van der Waals surface area contributed by atoms with Crippen molar-refractivity contribution in [3.63, 3.8) is 0 Å². The second kappa shape index (κ2) is 4.65. The Balaban J connectivity index is 2.12. The summed E-state index contributed by atoms with van der Waals surface area (Å²) in [4.78, 5) is 0. The number of hydrogen-bond acceptors (Lipinski definition) is 5. The summed E-state index contributed by atoms with van der Waals surface area (Å²) < 4.78 is 1.66. The molecule has 3 aromatic rings. The number of aryl methyl sites for hydroxylation is 1. The Morgan fingerprint density at radius 3 is 2.25 bits per heavy atom. The summed E-state index contributed by atoms with van der Waals surface area (Å²) in [5, 5.41) is 11.8. The molecule has 0 aliphatic heterocycles. The maximum Gasteiger partial charge on any atom is 0.187 e. The summed E-state index contributed by atoms with van der Waals surface area (Å²) in [7, 11) is 0. The van der Waals surface area contributed by atoms with Crippen molar-refractivity contribution in [2.75, 3.05) is 11.5 Å². The molecule has 4 N–H and O–H groups in total. The fourth-order valence-corrected chi connectivity index (χ4v) is 2.03. The predicted molar refractivity (Wildman–Crippen MR) is 78.2 cm³/mol. The van der Waals surface area contributed by atoms with Crippen molar-refractivity contribution in [2.24, 2.45) is 0 Å². The highest BCUT2D eigenvalue weighted by atomic mass is 15.5. The Morgan fingerprint density at radius 1 is 0.950 bits per heavy atom. The van der Waals surface area contributed by atoms with Gasteiger partial charge in [-0.05, 0) is 47.7 Å². The largest absolute Gasteiger partial charge is 0.399 e. The molecule has 0 aliphatic carbocycles. The molecule has 0 aliphatic rings. The fourth-order valence-electron chi connectivity index (χ4n) is 2.03. The summed E-state index contributed by atoms with van der Waals surface area (Å²) in [5.41, 5.74) is 15.6. The van der Waals surface area contributed by atoms with Crippen LogP contribution in [0, 0.1) is 6.92 Å². The van der Waals surface area contributed by atoms with Crippen LogP contribution in [0.5, 0.6) is 0 Å². The van der Waals surface area contributed by atoms with Gasteiger partial charge in [0.25, 0.3) is 0 Å². The Morgan fingerprint density at radius 2 is 1.60 bits per heavy atom. The molecule has 6 nitrogen and oxygen atoms in total. The van der Waals surface area contributed by atoms with Crippen LogP contribution in [0.3, 0.4) is 0 Å². The number of aromatic nitrogens is 4. The summed E-state index contributed by atoms with van der Waals surface area (Å²) in [6.45, 7) is 2.03. The van der Waals surface area contributed by atoms with Gasteiger partial charge < -0.3 is 11.5 Å². The van der Waals surface area contributed by atoms with Gasteiger partial charge in [-0.3, -0.25) is 0 Å². The standard InChI is InChI=1S/C14H14N6/c1-9-2-4-13(5-3-9)20-14(17-18-19-20)10-6-11(15)8-12(16)7-10/h2-8H,15-16H2,1H3. The monoisotopic (exact) mass is 266 g/mol. The van der Waals surface area contributed by atoms with Gasteiger partial charge in [-0.2, -0.15) is 4.68 Å². The van der Waals surface area contributed by atoms with Crippen LogP contribution in [-0.4, -0.2) is 20.2 Å². The Kier molecular flexibility index (Phi) is 2.83. The van der Waals surface area contributed by atoms with Crippen LogP contribution < -0.4 is 11.5 Å². The van der Waals surface area contributed by atoms with Crippen molar-refractivity contribution in [1.29, 1.82) is 0 Å². The molecule has 3 rings (SSSR count). The van der Waals surface area contributed by atoms with E-state index >= 15 is 0 Å². The molecule has 0 saturated carbocycles. The lowest BCUT2D eigenvalue weighted by molar-refractivity contribution is 0.791. The number of hydrogen-bond donors (Lipinski definition) is 2. The Bertz CT molecular complexity index is 724. The van der Waals surface area contributed by atoms with E-state index in [4.69, 9.17) is 11.5 Å². The SMILES string of the molecule is Cc1ccc(-n2nnnc2-c2cc(N)cc(N)c2)cc1. The number of rotatable bonds is 2. The van der Waals surface area contributed by atoms with E-state index in [-0.39, 0.29) is 0 Å². The van der Waals surface area contributed by atoms with E-state index in [2.05, 4.69) is 15.5 Å². The Labute approximate surface area is 116 Å². The van der Waals surface area contributed by atoms with E-state index < -0.39 is 0 Å². The Hall–Kier alpha value is -2.89. The van der Waals surface area contributed by atoms with Crippen molar-refractivity contribution in [1.82, 2.24) is 20.2 Å². The van der Waals surface area contributed by atoms with Crippen molar-refractivity contribution in [3.8, 4) is 17.1 Å². The molecule has 0 radical (unpaired) electrons. The van der Waals surface area contributed by atoms with Crippen LogP contribution in [0.25, 0.3) is 17.1 Å². The van der Waals surface area contributed by atoms with Gasteiger partial charge in [0.2, 0.25) is 0 Å². The molecule has 0 unspecified atom stereocenters. The number of nitrogen functional groups attached to an aromatic ring is 2. The van der Waals surface area contributed by atoms with E-state index in [1.807, 2.05) is 31.2 Å². The highest BCUT2D eigenvalue weighted by molar-refractivity contribution is 5.68. The first-order chi connectivity index (χ1) is 9.63. The molecule has 2 aromatic carbocycles. The molecule has 0 atom stereocenters. The first kappa shape index (κ1) is 12.2. The smallest absolute Gasteiger partial charge is 0.187 e. The normalized spacial score (nSPS) is 10.7. The zero-order valence-corrected chi connectivity index (χ0v) is 11.0. The summed E-state index contributed by atoms with van der Waals surface area (Å²) in [5.74, 6) is 0.604. The predicted octanol–water partition coefficient (Wildman–Crippen LogP) is 1.80. The number of benzene rings is 2. The van der Waals surface area contributed by atoms with E-state index in [1.165, 1.54) is 5.56 Å². The zero-order chi connectivity index (χ0) is 14.1. The molecule has 0 fully saturated rings. The van der Waals surface area contributed by atoms with Gasteiger partial charge in [-0.25, -0.2) is 0 Å². The maximum absolute atomic E-state index is 5.82. The molecule has 6 heteroatoms. The molecule has 1 heterocycles. The van der Waals surface area contributed by atoms with Crippen molar-refractivity contribution >= 4 is 11.4 Å². The third-order valence-electron chi connectivity index (χ3n) is 2.98. The number of nitrogens with two attached hydrogens (primary N) is 2. The minimum Gasteiger partial charge on any atom is -0.399 e. The lowest BCUT2D eigenvalue weighted by Gasteiger charge is -2.06. The molecule has 0 saturated heterocycles. The molecule has 20 heavy (non-hydrogen) atoms. The maximum atomic E-state index is 5.82. The average Bonchev–Trinajstić information content (AvgIpc) is 2.87. The van der Waals surface area contributed by atoms with E-state index in [1.54, 1.807) is 22.9 Å².